The summed E-state index contributed by atoms with van der Waals surface area (Å²) >= 11 is 0. The molecule has 1 atom stereocenters. The first-order valence-electron chi connectivity index (χ1n) is 9.19. The average molecular weight is 367 g/mol. The summed E-state index contributed by atoms with van der Waals surface area (Å²) in [7, 11) is 3.94. The van der Waals surface area contributed by atoms with E-state index in [4.69, 9.17) is 4.74 Å². The van der Waals surface area contributed by atoms with Crippen LogP contribution in [0.5, 0.6) is 0 Å². The number of benzene rings is 1. The Morgan fingerprint density at radius 1 is 1.26 bits per heavy atom. The Hall–Kier alpha value is -2.73. The lowest BCUT2D eigenvalue weighted by Crippen LogP contribution is -2.38. The SMILES string of the molecule is CCOC(=O)c1ccc(-c2cccc(C(=O)N(C)C3CCN(C)C3)c2)nc1. The molecule has 27 heavy (non-hydrogen) atoms. The average Bonchev–Trinajstić information content (AvgIpc) is 3.13. The van der Waals surface area contributed by atoms with Gasteiger partial charge in [0.1, 0.15) is 0 Å². The summed E-state index contributed by atoms with van der Waals surface area (Å²) in [6.45, 7) is 4.01. The zero-order valence-electron chi connectivity index (χ0n) is 16.0. The molecule has 1 fully saturated rings. The van der Waals surface area contributed by atoms with E-state index < -0.39 is 0 Å². The highest BCUT2D eigenvalue weighted by Crippen LogP contribution is 2.21. The van der Waals surface area contributed by atoms with Crippen LogP contribution in [0, 0.1) is 0 Å². The van der Waals surface area contributed by atoms with Gasteiger partial charge in [-0.05, 0) is 51.2 Å². The maximum atomic E-state index is 12.9. The van der Waals surface area contributed by atoms with Crippen LogP contribution in [-0.4, -0.2) is 66.5 Å². The lowest BCUT2D eigenvalue weighted by atomic mass is 10.1. The zero-order chi connectivity index (χ0) is 19.4. The van der Waals surface area contributed by atoms with Gasteiger partial charge in [0.05, 0.1) is 17.9 Å². The van der Waals surface area contributed by atoms with Crippen LogP contribution < -0.4 is 0 Å². The molecule has 0 saturated carbocycles. The molecule has 0 bridgehead atoms. The standard InChI is InChI=1S/C21H25N3O3/c1-4-27-21(26)17-8-9-19(22-13-17)15-6-5-7-16(12-15)20(25)24(3)18-10-11-23(2)14-18/h5-9,12-13,18H,4,10-11,14H2,1-3H3. The van der Waals surface area contributed by atoms with Crippen molar-refractivity contribution in [3.63, 3.8) is 0 Å². The number of esters is 1. The fraction of sp³-hybridized carbons (Fsp3) is 0.381. The predicted molar refractivity (Wildman–Crippen MR) is 104 cm³/mol. The van der Waals surface area contributed by atoms with Crippen LogP contribution >= 0.6 is 0 Å². The smallest absolute Gasteiger partial charge is 0.339 e. The van der Waals surface area contributed by atoms with Gasteiger partial charge < -0.3 is 14.5 Å². The predicted octanol–water partition coefficient (Wildman–Crippen LogP) is 2.70. The van der Waals surface area contributed by atoms with Crippen molar-refractivity contribution in [2.45, 2.75) is 19.4 Å². The van der Waals surface area contributed by atoms with Crippen LogP contribution in [0.4, 0.5) is 0 Å². The first-order chi connectivity index (χ1) is 13.0. The summed E-state index contributed by atoms with van der Waals surface area (Å²) < 4.78 is 4.97. The number of likely N-dealkylation sites (N-methyl/N-ethyl adjacent to an activating group) is 2. The van der Waals surface area contributed by atoms with Crippen molar-refractivity contribution in [3.8, 4) is 11.3 Å². The van der Waals surface area contributed by atoms with Crippen molar-refractivity contribution < 1.29 is 14.3 Å². The number of likely N-dealkylation sites (tertiary alicyclic amines) is 1. The van der Waals surface area contributed by atoms with Gasteiger partial charge in [0, 0.05) is 37.0 Å². The van der Waals surface area contributed by atoms with Crippen LogP contribution in [0.2, 0.25) is 0 Å². The third-order valence-corrected chi connectivity index (χ3v) is 4.91. The van der Waals surface area contributed by atoms with Gasteiger partial charge in [-0.1, -0.05) is 12.1 Å². The fourth-order valence-electron chi connectivity index (χ4n) is 3.31. The minimum atomic E-state index is -0.386. The Kier molecular flexibility index (Phi) is 5.86. The largest absolute Gasteiger partial charge is 0.462 e. The minimum Gasteiger partial charge on any atom is -0.462 e. The van der Waals surface area contributed by atoms with E-state index >= 15 is 0 Å². The number of carbonyl (C=O) groups excluding carboxylic acids is 2. The number of ether oxygens (including phenoxy) is 1. The molecule has 1 aliphatic rings. The number of hydrogen-bond donors (Lipinski definition) is 0. The third kappa shape index (κ3) is 4.34. The second-order valence-corrected chi connectivity index (χ2v) is 6.85. The van der Waals surface area contributed by atoms with Crippen molar-refractivity contribution in [2.75, 3.05) is 33.8 Å². The van der Waals surface area contributed by atoms with E-state index in [0.717, 1.165) is 25.1 Å². The van der Waals surface area contributed by atoms with Gasteiger partial charge in [-0.25, -0.2) is 4.79 Å². The highest BCUT2D eigenvalue weighted by molar-refractivity contribution is 5.95. The highest BCUT2D eigenvalue weighted by Gasteiger charge is 2.27. The normalized spacial score (nSPS) is 16.9. The van der Waals surface area contributed by atoms with Gasteiger partial charge >= 0.3 is 5.97 Å². The summed E-state index contributed by atoms with van der Waals surface area (Å²) in [6.07, 6.45) is 2.50. The fourth-order valence-corrected chi connectivity index (χ4v) is 3.31. The van der Waals surface area contributed by atoms with Crippen LogP contribution in [-0.2, 0) is 4.74 Å². The minimum absolute atomic E-state index is 0.0142. The molecule has 0 N–H and O–H groups in total. The van der Waals surface area contributed by atoms with E-state index in [1.165, 1.54) is 6.20 Å². The molecule has 1 aromatic heterocycles. The Morgan fingerprint density at radius 3 is 2.70 bits per heavy atom. The number of amides is 1. The van der Waals surface area contributed by atoms with E-state index in [2.05, 4.69) is 16.9 Å². The summed E-state index contributed by atoms with van der Waals surface area (Å²) in [6, 6.07) is 11.1. The monoisotopic (exact) mass is 367 g/mol. The molecule has 3 rings (SSSR count). The van der Waals surface area contributed by atoms with Gasteiger partial charge in [-0.3, -0.25) is 9.78 Å². The van der Waals surface area contributed by atoms with Crippen molar-refractivity contribution >= 4 is 11.9 Å². The third-order valence-electron chi connectivity index (χ3n) is 4.91. The molecule has 6 heteroatoms. The number of aromatic nitrogens is 1. The molecule has 2 heterocycles. The van der Waals surface area contributed by atoms with Crippen LogP contribution in [0.3, 0.4) is 0 Å². The number of rotatable bonds is 5. The first kappa shape index (κ1) is 19.0. The zero-order valence-corrected chi connectivity index (χ0v) is 16.0. The summed E-state index contributed by atoms with van der Waals surface area (Å²) in [5.74, 6) is -0.371. The molecule has 2 aromatic rings. The van der Waals surface area contributed by atoms with Gasteiger partial charge in [0.25, 0.3) is 5.91 Å². The molecule has 1 saturated heterocycles. The van der Waals surface area contributed by atoms with Crippen molar-refractivity contribution in [3.05, 3.63) is 53.7 Å². The van der Waals surface area contributed by atoms with Crippen LogP contribution in [0.1, 0.15) is 34.1 Å². The molecular weight excluding hydrogens is 342 g/mol. The lowest BCUT2D eigenvalue weighted by molar-refractivity contribution is 0.0525. The van der Waals surface area contributed by atoms with E-state index in [0.29, 0.717) is 23.4 Å². The van der Waals surface area contributed by atoms with E-state index in [-0.39, 0.29) is 17.9 Å². The van der Waals surface area contributed by atoms with Gasteiger partial charge in [0.2, 0.25) is 0 Å². The number of pyridine rings is 1. The lowest BCUT2D eigenvalue weighted by Gasteiger charge is -2.24. The molecule has 1 unspecified atom stereocenters. The number of hydrogen-bond acceptors (Lipinski definition) is 5. The molecule has 1 aromatic carbocycles. The molecule has 1 aliphatic heterocycles. The summed E-state index contributed by atoms with van der Waals surface area (Å²) in [4.78, 5) is 33.0. The highest BCUT2D eigenvalue weighted by atomic mass is 16.5. The number of nitrogens with zero attached hydrogens (tertiary/aromatic N) is 3. The Labute approximate surface area is 159 Å². The van der Waals surface area contributed by atoms with Crippen molar-refractivity contribution in [2.24, 2.45) is 0 Å². The van der Waals surface area contributed by atoms with Crippen molar-refractivity contribution in [1.29, 1.82) is 0 Å². The van der Waals surface area contributed by atoms with Gasteiger partial charge in [-0.2, -0.15) is 0 Å². The Bertz CT molecular complexity index is 820. The second kappa shape index (κ2) is 8.31. The molecule has 0 spiro atoms. The molecule has 6 nitrogen and oxygen atoms in total. The molecule has 0 aliphatic carbocycles. The van der Waals surface area contributed by atoms with Crippen molar-refractivity contribution in [1.82, 2.24) is 14.8 Å². The topological polar surface area (TPSA) is 62.7 Å². The van der Waals surface area contributed by atoms with E-state index in [9.17, 15) is 9.59 Å². The quantitative estimate of drug-likeness (QED) is 0.761. The maximum absolute atomic E-state index is 12.9. The van der Waals surface area contributed by atoms with E-state index in [1.54, 1.807) is 19.1 Å². The Morgan fingerprint density at radius 2 is 2.07 bits per heavy atom. The van der Waals surface area contributed by atoms with Crippen LogP contribution in [0.25, 0.3) is 11.3 Å². The Balaban J connectivity index is 1.77. The number of carbonyl (C=O) groups is 2. The molecule has 0 radical (unpaired) electrons. The molecule has 1 amide bonds. The van der Waals surface area contributed by atoms with Crippen LogP contribution in [0.15, 0.2) is 42.6 Å². The molecule has 142 valence electrons. The summed E-state index contributed by atoms with van der Waals surface area (Å²) in [5, 5.41) is 0. The van der Waals surface area contributed by atoms with Gasteiger partial charge in [0.15, 0.2) is 0 Å². The maximum Gasteiger partial charge on any atom is 0.339 e. The van der Waals surface area contributed by atoms with Gasteiger partial charge in [-0.15, -0.1) is 0 Å². The summed E-state index contributed by atoms with van der Waals surface area (Å²) in [5.41, 5.74) is 2.60. The molecular formula is C21H25N3O3. The van der Waals surface area contributed by atoms with E-state index in [1.807, 2.05) is 36.2 Å². The first-order valence-corrected chi connectivity index (χ1v) is 9.19. The second-order valence-electron chi connectivity index (χ2n) is 6.85.